The van der Waals surface area contributed by atoms with Crippen LogP contribution in [-0.2, 0) is 28.5 Å². The van der Waals surface area contributed by atoms with Crippen LogP contribution in [0.2, 0.25) is 10.0 Å². The van der Waals surface area contributed by atoms with Crippen molar-refractivity contribution in [2.75, 3.05) is 84.0 Å². The van der Waals surface area contributed by atoms with E-state index in [9.17, 15) is 14.9 Å². The Balaban J connectivity index is 0.634. The normalized spacial score (nSPS) is 18.7. The number of nitriles is 1. The third-order valence-electron chi connectivity index (χ3n) is 14.1. The summed E-state index contributed by atoms with van der Waals surface area (Å²) in [6.07, 6.45) is 4.81. The number of fused-ring (bicyclic) bond motifs is 3. The highest BCUT2D eigenvalue weighted by molar-refractivity contribution is 7.15. The summed E-state index contributed by atoms with van der Waals surface area (Å²) in [6.45, 7) is 20.0. The molecule has 1 saturated carbocycles. The number of aryl methyl sites for hydroxylation is 2. The number of ether oxygens (including phenoxy) is 6. The zero-order valence-electron chi connectivity index (χ0n) is 43.6. The number of benzene rings is 2. The first-order valence-electron chi connectivity index (χ1n) is 25.4. The lowest BCUT2D eigenvalue weighted by molar-refractivity contribution is -0.164. The maximum absolute atomic E-state index is 13.4. The van der Waals surface area contributed by atoms with E-state index in [2.05, 4.69) is 83.3 Å². The van der Waals surface area contributed by atoms with Crippen molar-refractivity contribution in [2.45, 2.75) is 92.0 Å². The average molecular weight is 1090 g/mol. The molecule has 8 rings (SSSR count). The topological polar surface area (TPSA) is 209 Å². The van der Waals surface area contributed by atoms with E-state index in [1.165, 1.54) is 4.88 Å². The van der Waals surface area contributed by atoms with Gasteiger partial charge in [0.15, 0.2) is 5.82 Å². The van der Waals surface area contributed by atoms with Crippen LogP contribution < -0.4 is 20.3 Å². The van der Waals surface area contributed by atoms with Gasteiger partial charge in [0, 0.05) is 76.0 Å². The van der Waals surface area contributed by atoms with E-state index in [0.29, 0.717) is 105 Å². The maximum Gasteiger partial charge on any atom is 0.254 e. The summed E-state index contributed by atoms with van der Waals surface area (Å²) < 4.78 is 37.2. The quantitative estimate of drug-likeness (QED) is 0.0562. The molecule has 75 heavy (non-hydrogen) atoms. The Labute approximate surface area is 452 Å². The second-order valence-electron chi connectivity index (χ2n) is 20.0. The Bertz CT molecular complexity index is 2830. The number of aromatic nitrogens is 5. The van der Waals surface area contributed by atoms with Crippen LogP contribution in [0.15, 0.2) is 59.9 Å². The van der Waals surface area contributed by atoms with Crippen LogP contribution in [0, 0.1) is 42.9 Å². The van der Waals surface area contributed by atoms with Gasteiger partial charge in [-0.1, -0.05) is 63.0 Å². The molecule has 2 N–H and O–H groups in total. The van der Waals surface area contributed by atoms with Crippen molar-refractivity contribution >= 4 is 58.0 Å². The highest BCUT2D eigenvalue weighted by Crippen LogP contribution is 2.55. The van der Waals surface area contributed by atoms with E-state index in [-0.39, 0.29) is 36.5 Å². The number of carbonyl (C=O) groups is 2. The first-order valence-corrected chi connectivity index (χ1v) is 26.9. The number of amides is 2. The molecule has 1 saturated heterocycles. The molecule has 2 fully saturated rings. The molecule has 3 aliphatic rings. The summed E-state index contributed by atoms with van der Waals surface area (Å²) >= 11 is 14.2. The number of hydrogen-bond acceptors (Lipinski definition) is 16. The van der Waals surface area contributed by atoms with Gasteiger partial charge in [-0.05, 0) is 63.4 Å². The van der Waals surface area contributed by atoms with Gasteiger partial charge >= 0.3 is 0 Å². The van der Waals surface area contributed by atoms with Gasteiger partial charge in [-0.2, -0.15) is 5.26 Å². The summed E-state index contributed by atoms with van der Waals surface area (Å²) in [6, 6.07) is 14.0. The molecule has 400 valence electrons. The molecule has 2 aliphatic heterocycles. The van der Waals surface area contributed by atoms with Gasteiger partial charge in [0.1, 0.15) is 34.8 Å². The smallest absolute Gasteiger partial charge is 0.254 e. The van der Waals surface area contributed by atoms with Crippen LogP contribution >= 0.6 is 34.5 Å². The summed E-state index contributed by atoms with van der Waals surface area (Å²) in [5, 5.41) is 26.2. The lowest BCUT2D eigenvalue weighted by Gasteiger charge is -2.63. The van der Waals surface area contributed by atoms with E-state index in [4.69, 9.17) is 56.6 Å². The van der Waals surface area contributed by atoms with Gasteiger partial charge in [-0.15, -0.1) is 21.5 Å². The first-order chi connectivity index (χ1) is 36.1. The molecular formula is C54H66Cl2N10O8S. The fourth-order valence-electron chi connectivity index (χ4n) is 10.3. The van der Waals surface area contributed by atoms with E-state index < -0.39 is 16.9 Å². The first kappa shape index (κ1) is 55.7. The molecule has 21 heteroatoms. The van der Waals surface area contributed by atoms with E-state index in [1.807, 2.05) is 35.8 Å². The Kier molecular flexibility index (Phi) is 18.6. The zero-order chi connectivity index (χ0) is 53.3. The largest absolute Gasteiger partial charge is 0.489 e. The monoisotopic (exact) mass is 1080 g/mol. The molecule has 18 nitrogen and oxygen atoms in total. The molecule has 1 aliphatic carbocycles. The second kappa shape index (κ2) is 25.1. The Hall–Kier alpha value is -5.56. The number of halogens is 2. The van der Waals surface area contributed by atoms with Crippen LogP contribution in [0.5, 0.6) is 5.75 Å². The number of aliphatic imine (C=N–C) groups is 1. The van der Waals surface area contributed by atoms with Crippen LogP contribution in [0.25, 0.3) is 5.00 Å². The Morgan fingerprint density at radius 1 is 0.840 bits per heavy atom. The molecular weight excluding hydrogens is 1020 g/mol. The molecule has 1 atom stereocenters. The lowest BCUT2D eigenvalue weighted by Crippen LogP contribution is -2.74. The van der Waals surface area contributed by atoms with Crippen molar-refractivity contribution in [3.05, 3.63) is 109 Å². The zero-order valence-corrected chi connectivity index (χ0v) is 45.9. The summed E-state index contributed by atoms with van der Waals surface area (Å²) in [5.74, 6) is 2.13. The van der Waals surface area contributed by atoms with Crippen LogP contribution in [0.3, 0.4) is 0 Å². The number of anilines is 1. The van der Waals surface area contributed by atoms with Gasteiger partial charge in [0.25, 0.3) is 5.91 Å². The highest BCUT2D eigenvalue weighted by atomic mass is 35.5. The van der Waals surface area contributed by atoms with Gasteiger partial charge in [-0.3, -0.25) is 19.1 Å². The minimum atomic E-state index is -0.545. The number of piperidine rings is 1. The van der Waals surface area contributed by atoms with Crippen LogP contribution in [-0.4, -0.2) is 140 Å². The third-order valence-corrected chi connectivity index (χ3v) is 15.8. The predicted molar refractivity (Wildman–Crippen MR) is 287 cm³/mol. The van der Waals surface area contributed by atoms with E-state index in [0.717, 1.165) is 59.2 Å². The number of carbonyl (C=O) groups excluding carboxylic acids is 2. The molecule has 0 unspecified atom stereocenters. The molecule has 2 aromatic carbocycles. The number of hydrogen-bond donors (Lipinski definition) is 2. The lowest BCUT2D eigenvalue weighted by atomic mass is 9.49. The summed E-state index contributed by atoms with van der Waals surface area (Å²) in [7, 11) is 0. The van der Waals surface area contributed by atoms with Crippen molar-refractivity contribution in [3.8, 4) is 16.8 Å². The summed E-state index contributed by atoms with van der Waals surface area (Å²) in [4.78, 5) is 44.2. The standard InChI is InChI=1S/C54H66Cl2N10O8S/c1-33-34(2)75-49-45(33)46(36-8-11-39(55)12-9-36)61-43(47-64-63-35(3)66(47)49)29-44(67)58-16-19-69-20-21-70-22-23-71-24-25-72-26-27-73-40-14-17-65(18-15-40)52-59-31-38(32-60-52)48(68)62-50-53(4,5)51(54(50,6)7)74-41-13-10-37(30-57)42(56)28-41/h8-13,28,31-32,40,43,50-51H,14-27,29H2,1-7H3,(H,58,67)(H,62,68)/t43-,50?,51?/m1/s1. The maximum atomic E-state index is 13.4. The van der Waals surface area contributed by atoms with E-state index in [1.54, 1.807) is 41.9 Å². The minimum absolute atomic E-state index is 0.102. The number of rotatable bonds is 24. The fraction of sp³-hybridized carbons (Fsp3) is 0.519. The minimum Gasteiger partial charge on any atom is -0.489 e. The van der Waals surface area contributed by atoms with Crippen molar-refractivity contribution in [1.29, 1.82) is 5.26 Å². The fourth-order valence-corrected chi connectivity index (χ4v) is 11.9. The van der Waals surface area contributed by atoms with Crippen molar-refractivity contribution in [3.63, 3.8) is 0 Å². The number of thiophene rings is 1. The van der Waals surface area contributed by atoms with Crippen molar-refractivity contribution in [2.24, 2.45) is 15.8 Å². The molecule has 3 aromatic heterocycles. The predicted octanol–water partition coefficient (Wildman–Crippen LogP) is 7.98. The van der Waals surface area contributed by atoms with Crippen molar-refractivity contribution in [1.82, 2.24) is 35.4 Å². The second-order valence-corrected chi connectivity index (χ2v) is 22.1. The Morgan fingerprint density at radius 3 is 2.09 bits per heavy atom. The number of nitrogens with zero attached hydrogens (tertiary/aromatic N) is 8. The van der Waals surface area contributed by atoms with Gasteiger partial charge in [0.2, 0.25) is 11.9 Å². The van der Waals surface area contributed by atoms with Crippen molar-refractivity contribution < 1.29 is 38.0 Å². The molecule has 0 bridgehead atoms. The van der Waals surface area contributed by atoms with Crippen LogP contribution in [0.1, 0.15) is 102 Å². The molecule has 2 amide bonds. The molecule has 5 aromatic rings. The van der Waals surface area contributed by atoms with Crippen LogP contribution in [0.4, 0.5) is 5.95 Å². The average Bonchev–Trinajstić information content (AvgIpc) is 3.89. The summed E-state index contributed by atoms with van der Waals surface area (Å²) in [5.41, 5.74) is 3.87. The van der Waals surface area contributed by atoms with E-state index >= 15 is 0 Å². The SMILES string of the molecule is Cc1sc2c(c1C)C(c1ccc(Cl)cc1)=N[C@H](CC(=O)NCCOCCOCCOCCOCCOC1CCN(c3ncc(C(=O)NC4C(C)(C)C(Oc5ccc(C#N)c(Cl)c5)C4(C)C)cn3)CC1)c1nnc(C)n1-2. The number of nitrogens with one attached hydrogen (secondary N) is 2. The Morgan fingerprint density at radius 2 is 1.47 bits per heavy atom. The highest BCUT2D eigenvalue weighted by Gasteiger charge is 2.64. The van der Waals surface area contributed by atoms with Gasteiger partial charge < -0.3 is 44.0 Å². The molecule has 0 radical (unpaired) electrons. The molecule has 5 heterocycles. The third kappa shape index (κ3) is 13.2. The van der Waals surface area contributed by atoms with Gasteiger partial charge in [-0.25, -0.2) is 9.97 Å². The van der Waals surface area contributed by atoms with Gasteiger partial charge in [0.05, 0.1) is 93.8 Å². The molecule has 0 spiro atoms.